The summed E-state index contributed by atoms with van der Waals surface area (Å²) in [5, 5.41) is 3.21. The monoisotopic (exact) mass is 334 g/mol. The molecule has 1 atom stereocenters. The van der Waals surface area contributed by atoms with Gasteiger partial charge in [-0.1, -0.05) is 71.7 Å². The number of aryl methyl sites for hydroxylation is 1. The summed E-state index contributed by atoms with van der Waals surface area (Å²) in [6, 6.07) is 17.8. The molecular weight excluding hydrogens is 323 g/mol. The van der Waals surface area contributed by atoms with Crippen molar-refractivity contribution in [3.8, 4) is 0 Å². The second kappa shape index (κ2) is 5.88. The molecule has 106 valence electrons. The Balaban J connectivity index is 2.21. The largest absolute Gasteiger partial charge is 0.113 e. The van der Waals surface area contributed by atoms with Crippen LogP contribution in [0.25, 0.3) is 10.8 Å². The minimum Gasteiger partial charge on any atom is -0.113 e. The Bertz CT molecular complexity index is 809. The zero-order chi connectivity index (χ0) is 15.0. The Morgan fingerprint density at radius 1 is 0.762 bits per heavy atom. The van der Waals surface area contributed by atoms with Gasteiger partial charge in [0.2, 0.25) is 0 Å². The zero-order valence-electron chi connectivity index (χ0n) is 11.4. The van der Waals surface area contributed by atoms with Gasteiger partial charge in [0.15, 0.2) is 0 Å². The first-order valence-electron chi connectivity index (χ1n) is 6.66. The normalized spacial score (nSPS) is 12.6. The molecule has 0 aliphatic rings. The maximum atomic E-state index is 6.71. The van der Waals surface area contributed by atoms with Crippen LogP contribution in [0, 0.1) is 6.92 Å². The lowest BCUT2D eigenvalue weighted by atomic mass is 9.97. The van der Waals surface area contributed by atoms with Crippen LogP contribution < -0.4 is 0 Å². The molecule has 0 heterocycles. The van der Waals surface area contributed by atoms with Gasteiger partial charge in [-0.05, 0) is 35.1 Å². The van der Waals surface area contributed by atoms with Crippen LogP contribution in [0.2, 0.25) is 10.0 Å². The summed E-state index contributed by atoms with van der Waals surface area (Å²) >= 11 is 19.4. The number of halogens is 3. The fourth-order valence-corrected chi connectivity index (χ4v) is 3.43. The highest BCUT2D eigenvalue weighted by Gasteiger charge is 2.18. The molecule has 0 bridgehead atoms. The standard InChI is InChI=1S/C18H13Cl3/c1-11-5-4-8-15(17(11)20)18(21)14-9-10-16(19)13-7-3-2-6-12(13)14/h2-10,18H,1H3. The first-order valence-corrected chi connectivity index (χ1v) is 7.85. The van der Waals surface area contributed by atoms with Gasteiger partial charge in [0.25, 0.3) is 0 Å². The molecule has 0 saturated heterocycles. The van der Waals surface area contributed by atoms with Crippen LogP contribution in [0.5, 0.6) is 0 Å². The lowest BCUT2D eigenvalue weighted by Crippen LogP contribution is -1.97. The van der Waals surface area contributed by atoms with Gasteiger partial charge < -0.3 is 0 Å². The van der Waals surface area contributed by atoms with Crippen LogP contribution in [0.3, 0.4) is 0 Å². The molecule has 21 heavy (non-hydrogen) atoms. The lowest BCUT2D eigenvalue weighted by Gasteiger charge is -2.16. The molecule has 3 rings (SSSR count). The number of benzene rings is 3. The minimum atomic E-state index is -0.306. The third-order valence-corrected chi connectivity index (χ3v) is 4.99. The molecule has 1 unspecified atom stereocenters. The van der Waals surface area contributed by atoms with Crippen molar-refractivity contribution < 1.29 is 0 Å². The SMILES string of the molecule is Cc1cccc(C(Cl)c2ccc(Cl)c3ccccc23)c1Cl. The summed E-state index contributed by atoms with van der Waals surface area (Å²) in [4.78, 5) is 0. The van der Waals surface area contributed by atoms with Crippen molar-refractivity contribution in [2.75, 3.05) is 0 Å². The average molecular weight is 336 g/mol. The Hall–Kier alpha value is -1.21. The third-order valence-electron chi connectivity index (χ3n) is 3.67. The Morgan fingerprint density at radius 2 is 1.48 bits per heavy atom. The van der Waals surface area contributed by atoms with Gasteiger partial charge in [-0.2, -0.15) is 0 Å². The predicted molar refractivity (Wildman–Crippen MR) is 92.8 cm³/mol. The van der Waals surface area contributed by atoms with Crippen molar-refractivity contribution in [2.45, 2.75) is 12.3 Å². The highest BCUT2D eigenvalue weighted by atomic mass is 35.5. The fourth-order valence-electron chi connectivity index (χ4n) is 2.54. The quantitative estimate of drug-likeness (QED) is 0.453. The highest BCUT2D eigenvalue weighted by Crippen LogP contribution is 2.39. The number of rotatable bonds is 2. The van der Waals surface area contributed by atoms with Gasteiger partial charge in [-0.3, -0.25) is 0 Å². The summed E-state index contributed by atoms with van der Waals surface area (Å²) < 4.78 is 0. The van der Waals surface area contributed by atoms with E-state index in [4.69, 9.17) is 34.8 Å². The van der Waals surface area contributed by atoms with Gasteiger partial charge >= 0.3 is 0 Å². The van der Waals surface area contributed by atoms with Crippen LogP contribution in [-0.4, -0.2) is 0 Å². The van der Waals surface area contributed by atoms with Gasteiger partial charge in [0.1, 0.15) is 0 Å². The topological polar surface area (TPSA) is 0 Å². The van der Waals surface area contributed by atoms with Crippen molar-refractivity contribution >= 4 is 45.6 Å². The summed E-state index contributed by atoms with van der Waals surface area (Å²) in [7, 11) is 0. The molecule has 0 aromatic heterocycles. The second-order valence-electron chi connectivity index (χ2n) is 5.02. The molecule has 3 heteroatoms. The minimum absolute atomic E-state index is 0.306. The van der Waals surface area contributed by atoms with E-state index in [1.54, 1.807) is 0 Å². The smallest absolute Gasteiger partial charge is 0.0855 e. The van der Waals surface area contributed by atoms with Gasteiger partial charge in [-0.25, -0.2) is 0 Å². The molecule has 0 amide bonds. The summed E-state index contributed by atoms with van der Waals surface area (Å²) in [5.74, 6) is 0. The molecule has 3 aromatic carbocycles. The predicted octanol–water partition coefficient (Wildman–Crippen LogP) is 6.78. The van der Waals surface area contributed by atoms with Gasteiger partial charge in [-0.15, -0.1) is 11.6 Å². The van der Waals surface area contributed by atoms with E-state index in [2.05, 4.69) is 0 Å². The maximum absolute atomic E-state index is 6.71. The zero-order valence-corrected chi connectivity index (χ0v) is 13.7. The van der Waals surface area contributed by atoms with Crippen molar-refractivity contribution in [3.05, 3.63) is 81.3 Å². The highest BCUT2D eigenvalue weighted by molar-refractivity contribution is 6.36. The lowest BCUT2D eigenvalue weighted by molar-refractivity contribution is 1.15. The van der Waals surface area contributed by atoms with Gasteiger partial charge in [0.05, 0.1) is 5.38 Å². The number of hydrogen-bond acceptors (Lipinski definition) is 0. The van der Waals surface area contributed by atoms with E-state index in [9.17, 15) is 0 Å². The number of alkyl halides is 1. The first-order chi connectivity index (χ1) is 10.1. The Labute approximate surface area is 139 Å². The molecule has 0 aliphatic carbocycles. The van der Waals surface area contributed by atoms with Crippen molar-refractivity contribution in [3.63, 3.8) is 0 Å². The molecular formula is C18H13Cl3. The van der Waals surface area contributed by atoms with E-state index in [0.717, 1.165) is 37.5 Å². The van der Waals surface area contributed by atoms with E-state index in [0.29, 0.717) is 0 Å². The number of hydrogen-bond donors (Lipinski definition) is 0. The summed E-state index contributed by atoms with van der Waals surface area (Å²) in [6.07, 6.45) is 0. The molecule has 0 spiro atoms. The molecule has 0 nitrogen and oxygen atoms in total. The van der Waals surface area contributed by atoms with Crippen LogP contribution in [-0.2, 0) is 0 Å². The molecule has 3 aromatic rings. The van der Waals surface area contributed by atoms with E-state index in [1.165, 1.54) is 0 Å². The van der Waals surface area contributed by atoms with E-state index in [-0.39, 0.29) is 5.38 Å². The molecule has 0 radical (unpaired) electrons. The number of fused-ring (bicyclic) bond motifs is 1. The van der Waals surface area contributed by atoms with Crippen molar-refractivity contribution in [1.82, 2.24) is 0 Å². The van der Waals surface area contributed by atoms with E-state index < -0.39 is 0 Å². The first kappa shape index (κ1) is 14.7. The fraction of sp³-hybridized carbons (Fsp3) is 0.111. The second-order valence-corrected chi connectivity index (χ2v) is 6.24. The molecule has 0 fully saturated rings. The van der Waals surface area contributed by atoms with E-state index >= 15 is 0 Å². The summed E-state index contributed by atoms with van der Waals surface area (Å²) in [6.45, 7) is 1.98. The van der Waals surface area contributed by atoms with Crippen LogP contribution >= 0.6 is 34.8 Å². The van der Waals surface area contributed by atoms with Crippen LogP contribution in [0.15, 0.2) is 54.6 Å². The van der Waals surface area contributed by atoms with Crippen LogP contribution in [0.4, 0.5) is 0 Å². The van der Waals surface area contributed by atoms with Crippen molar-refractivity contribution in [1.29, 1.82) is 0 Å². The molecule has 0 aliphatic heterocycles. The summed E-state index contributed by atoms with van der Waals surface area (Å²) in [5.41, 5.74) is 2.97. The third kappa shape index (κ3) is 2.64. The maximum Gasteiger partial charge on any atom is 0.0855 e. The van der Waals surface area contributed by atoms with E-state index in [1.807, 2.05) is 61.5 Å². The average Bonchev–Trinajstić information content (AvgIpc) is 2.50. The molecule has 0 N–H and O–H groups in total. The van der Waals surface area contributed by atoms with Gasteiger partial charge in [0, 0.05) is 15.4 Å². The Morgan fingerprint density at radius 3 is 2.24 bits per heavy atom. The van der Waals surface area contributed by atoms with Crippen LogP contribution in [0.1, 0.15) is 22.1 Å². The molecule has 0 saturated carbocycles. The van der Waals surface area contributed by atoms with Crippen molar-refractivity contribution in [2.24, 2.45) is 0 Å². The Kier molecular flexibility index (Phi) is 4.12.